The number of aliphatic hydroxyl groups is 1. The van der Waals surface area contributed by atoms with Crippen molar-refractivity contribution in [2.24, 2.45) is 0 Å². The number of aliphatic hydroxyl groups excluding tert-OH is 1. The van der Waals surface area contributed by atoms with Gasteiger partial charge in [-0.05, 0) is 25.0 Å². The molecule has 0 rings (SSSR count). The Morgan fingerprint density at radius 2 is 2.31 bits per heavy atom. The normalized spacial score (nSPS) is 12.5. The molecular formula is C10H14O3. The predicted molar refractivity (Wildman–Crippen MR) is 49.9 cm³/mol. The highest BCUT2D eigenvalue weighted by Crippen LogP contribution is 2.09. The van der Waals surface area contributed by atoms with Crippen LogP contribution in [0, 0.1) is 0 Å². The molecule has 72 valence electrons. The standard InChI is InChI=1S/C10H14O3/c1-2-3-5-9(8-12)10(13)6-4-7-11/h4,6-7,10,13H,2-3,5H2,1H3. The van der Waals surface area contributed by atoms with Crippen LogP contribution in [-0.2, 0) is 9.59 Å². The Balaban J connectivity index is 4.16. The van der Waals surface area contributed by atoms with Crippen molar-refractivity contribution in [2.45, 2.75) is 32.3 Å². The number of unbranched alkanes of at least 4 members (excludes halogenated alkanes) is 1. The van der Waals surface area contributed by atoms with Crippen LogP contribution in [0.15, 0.2) is 17.7 Å². The minimum atomic E-state index is -0.964. The van der Waals surface area contributed by atoms with Crippen molar-refractivity contribution in [1.82, 2.24) is 0 Å². The number of hydrogen-bond donors (Lipinski definition) is 1. The Labute approximate surface area is 77.8 Å². The summed E-state index contributed by atoms with van der Waals surface area (Å²) in [4.78, 5) is 20.3. The van der Waals surface area contributed by atoms with Gasteiger partial charge in [0.15, 0.2) is 0 Å². The second-order valence-corrected chi connectivity index (χ2v) is 2.70. The molecule has 1 N–H and O–H groups in total. The van der Waals surface area contributed by atoms with Crippen LogP contribution in [0.1, 0.15) is 26.2 Å². The van der Waals surface area contributed by atoms with E-state index in [2.05, 4.69) is 0 Å². The van der Waals surface area contributed by atoms with Gasteiger partial charge in [-0.15, -0.1) is 0 Å². The quantitative estimate of drug-likeness (QED) is 0.379. The van der Waals surface area contributed by atoms with Gasteiger partial charge in [0, 0.05) is 5.57 Å². The predicted octanol–water partition coefficient (Wildman–Crippen LogP) is 1.05. The molecule has 1 unspecified atom stereocenters. The average molecular weight is 182 g/mol. The molecule has 3 heteroatoms. The number of aldehydes is 1. The van der Waals surface area contributed by atoms with Crippen molar-refractivity contribution in [3.8, 4) is 0 Å². The molecule has 0 spiro atoms. The van der Waals surface area contributed by atoms with Crippen LogP contribution in [0.2, 0.25) is 0 Å². The molecule has 0 amide bonds. The summed E-state index contributed by atoms with van der Waals surface area (Å²) in [5.41, 5.74) is 0.306. The summed E-state index contributed by atoms with van der Waals surface area (Å²) < 4.78 is 0. The molecule has 0 aliphatic carbocycles. The van der Waals surface area contributed by atoms with Gasteiger partial charge >= 0.3 is 0 Å². The van der Waals surface area contributed by atoms with E-state index in [0.29, 0.717) is 18.3 Å². The van der Waals surface area contributed by atoms with Crippen molar-refractivity contribution in [3.63, 3.8) is 0 Å². The fourth-order valence-electron chi connectivity index (χ4n) is 0.893. The molecule has 0 saturated heterocycles. The lowest BCUT2D eigenvalue weighted by Crippen LogP contribution is -2.07. The second-order valence-electron chi connectivity index (χ2n) is 2.70. The van der Waals surface area contributed by atoms with Crippen LogP contribution in [0.5, 0.6) is 0 Å². The molecule has 0 heterocycles. The summed E-state index contributed by atoms with van der Waals surface area (Å²) >= 11 is 0. The Morgan fingerprint density at radius 3 is 2.77 bits per heavy atom. The molecule has 0 radical (unpaired) electrons. The van der Waals surface area contributed by atoms with E-state index in [9.17, 15) is 14.7 Å². The van der Waals surface area contributed by atoms with Gasteiger partial charge in [-0.3, -0.25) is 4.79 Å². The van der Waals surface area contributed by atoms with Crippen LogP contribution in [0.3, 0.4) is 0 Å². The van der Waals surface area contributed by atoms with E-state index in [0.717, 1.165) is 12.8 Å². The van der Waals surface area contributed by atoms with Gasteiger partial charge in [-0.25, -0.2) is 4.79 Å². The fraction of sp³-hybridized carbons (Fsp3) is 0.500. The minimum Gasteiger partial charge on any atom is -0.384 e. The first-order valence-electron chi connectivity index (χ1n) is 4.30. The molecule has 0 aromatic carbocycles. The van der Waals surface area contributed by atoms with Crippen molar-refractivity contribution >= 4 is 12.2 Å². The van der Waals surface area contributed by atoms with Gasteiger partial charge in [-0.1, -0.05) is 13.3 Å². The fourth-order valence-corrected chi connectivity index (χ4v) is 0.893. The highest BCUT2D eigenvalue weighted by Gasteiger charge is 2.07. The third-order valence-electron chi connectivity index (χ3n) is 1.66. The van der Waals surface area contributed by atoms with Crippen LogP contribution >= 0.6 is 0 Å². The maximum Gasteiger partial charge on any atom is 0.142 e. The number of allylic oxidation sites excluding steroid dienone is 1. The zero-order chi connectivity index (χ0) is 10.1. The lowest BCUT2D eigenvalue weighted by molar-refractivity contribution is -0.104. The van der Waals surface area contributed by atoms with E-state index >= 15 is 0 Å². The first-order valence-corrected chi connectivity index (χ1v) is 4.30. The van der Waals surface area contributed by atoms with E-state index < -0.39 is 6.10 Å². The Morgan fingerprint density at radius 1 is 1.62 bits per heavy atom. The molecule has 0 aromatic heterocycles. The van der Waals surface area contributed by atoms with Gasteiger partial charge in [0.2, 0.25) is 0 Å². The zero-order valence-corrected chi connectivity index (χ0v) is 7.69. The molecule has 0 fully saturated rings. The first-order chi connectivity index (χ1) is 6.26. The average Bonchev–Trinajstić information content (AvgIpc) is 2.16. The maximum atomic E-state index is 10.4. The summed E-state index contributed by atoms with van der Waals surface area (Å²) in [7, 11) is 0. The minimum absolute atomic E-state index is 0.306. The number of rotatable bonds is 6. The monoisotopic (exact) mass is 182 g/mol. The van der Waals surface area contributed by atoms with Gasteiger partial charge in [0.1, 0.15) is 18.3 Å². The van der Waals surface area contributed by atoms with Crippen molar-refractivity contribution in [3.05, 3.63) is 17.7 Å². The van der Waals surface area contributed by atoms with E-state index in [1.807, 2.05) is 6.92 Å². The van der Waals surface area contributed by atoms with Gasteiger partial charge in [-0.2, -0.15) is 0 Å². The topological polar surface area (TPSA) is 54.4 Å². The van der Waals surface area contributed by atoms with Gasteiger partial charge in [0.05, 0.1) is 0 Å². The van der Waals surface area contributed by atoms with E-state index in [1.165, 1.54) is 12.2 Å². The summed E-state index contributed by atoms with van der Waals surface area (Å²) in [5.74, 6) is 1.70. The SMILES string of the molecule is CCCCC(=C=O)C(O)C=CC=O. The number of carbonyl (C=O) groups excluding carboxylic acids is 2. The lowest BCUT2D eigenvalue weighted by atomic mass is 10.0. The highest BCUT2D eigenvalue weighted by atomic mass is 16.3. The Hall–Kier alpha value is -1.18. The lowest BCUT2D eigenvalue weighted by Gasteiger charge is -2.05. The zero-order valence-electron chi connectivity index (χ0n) is 7.69. The summed E-state index contributed by atoms with van der Waals surface area (Å²) in [6, 6.07) is 0. The van der Waals surface area contributed by atoms with Crippen molar-refractivity contribution < 1.29 is 14.7 Å². The summed E-state index contributed by atoms with van der Waals surface area (Å²) in [6.07, 6.45) is 4.38. The highest BCUT2D eigenvalue weighted by molar-refractivity contribution is 5.65. The third kappa shape index (κ3) is 5.12. The van der Waals surface area contributed by atoms with Crippen LogP contribution in [-0.4, -0.2) is 23.4 Å². The van der Waals surface area contributed by atoms with E-state index in [4.69, 9.17) is 0 Å². The molecule has 1 atom stereocenters. The smallest absolute Gasteiger partial charge is 0.142 e. The van der Waals surface area contributed by atoms with E-state index in [-0.39, 0.29) is 0 Å². The molecule has 0 aromatic rings. The van der Waals surface area contributed by atoms with E-state index in [1.54, 1.807) is 5.94 Å². The third-order valence-corrected chi connectivity index (χ3v) is 1.66. The summed E-state index contributed by atoms with van der Waals surface area (Å²) in [6.45, 7) is 2.00. The van der Waals surface area contributed by atoms with Gasteiger partial charge in [0.25, 0.3) is 0 Å². The largest absolute Gasteiger partial charge is 0.384 e. The maximum absolute atomic E-state index is 10.4. The molecule has 0 aliphatic rings. The molecule has 3 nitrogen and oxygen atoms in total. The van der Waals surface area contributed by atoms with Crippen LogP contribution < -0.4 is 0 Å². The first kappa shape index (κ1) is 11.8. The second kappa shape index (κ2) is 7.47. The van der Waals surface area contributed by atoms with Crippen LogP contribution in [0.25, 0.3) is 0 Å². The van der Waals surface area contributed by atoms with Gasteiger partial charge < -0.3 is 5.11 Å². The molecule has 0 aliphatic heterocycles. The molecule has 13 heavy (non-hydrogen) atoms. The summed E-state index contributed by atoms with van der Waals surface area (Å²) in [5, 5.41) is 9.32. The Kier molecular flexibility index (Phi) is 6.79. The van der Waals surface area contributed by atoms with Crippen molar-refractivity contribution in [1.29, 1.82) is 0 Å². The number of hydrogen-bond acceptors (Lipinski definition) is 3. The Bertz CT molecular complexity index is 224. The molecule has 0 bridgehead atoms. The molecule has 0 saturated carbocycles. The van der Waals surface area contributed by atoms with Crippen LogP contribution in [0.4, 0.5) is 0 Å². The number of carbonyl (C=O) groups is 1. The molecular weight excluding hydrogens is 168 g/mol. The van der Waals surface area contributed by atoms with Crippen molar-refractivity contribution in [2.75, 3.05) is 0 Å².